The van der Waals surface area contributed by atoms with Gasteiger partial charge in [0.25, 0.3) is 22.2 Å². The summed E-state index contributed by atoms with van der Waals surface area (Å²) in [6, 6.07) is 14.1. The van der Waals surface area contributed by atoms with Crippen LogP contribution >= 0.6 is 0 Å². The van der Waals surface area contributed by atoms with Crippen molar-refractivity contribution >= 4 is 44.1 Å². The second-order valence-electron chi connectivity index (χ2n) is 35.1. The number of aromatic nitrogens is 32. The van der Waals surface area contributed by atoms with Gasteiger partial charge in [0.2, 0.25) is 0 Å². The number of H-pyrrole nitrogens is 4. The first-order valence-corrected chi connectivity index (χ1v) is 44.6. The molecule has 656 valence electrons. The molecule has 16 aromatic rings. The third-order valence-corrected chi connectivity index (χ3v) is 26.9. The van der Waals surface area contributed by atoms with Gasteiger partial charge in [0.15, 0.2) is 45.4 Å². The van der Waals surface area contributed by atoms with Crippen molar-refractivity contribution in [1.82, 2.24) is 159 Å². The van der Waals surface area contributed by atoms with E-state index in [1.54, 1.807) is 142 Å². The van der Waals surface area contributed by atoms with Crippen LogP contribution in [0.1, 0.15) is 341 Å². The third kappa shape index (κ3) is 15.8. The van der Waals surface area contributed by atoms with Crippen LogP contribution in [0.25, 0.3) is 44.1 Å². The molecule has 8 aliphatic carbocycles. The lowest BCUT2D eigenvalue weighted by atomic mass is 9.72. The maximum atomic E-state index is 13.0. The molecule has 4 N–H and O–H groups in total. The summed E-state index contributed by atoms with van der Waals surface area (Å²) in [6.45, 7) is 7.76. The summed E-state index contributed by atoms with van der Waals surface area (Å²) >= 11 is 0. The SMILES string of the molecule is CC(c1cnc(C2CC2)nc1)n1nc(C#N)c2c(=O)[nH]c(C3CCC3c3ncccn3)nc21.CC(c1cnc(C2CC2)nc1)n1nc(C#N)c2c(=O)[nH]c(C3CCC3c3ncccn3)nc21.CC(c1cnc(C2CC2)nc1)n1nc(C#N)c2c(=O)[nH]c(C3CCC3c3ncccn3)nc21.CC(c1cnc(C2CC2)nc1)n1nc(C#N)c2c(=O)[nH]c(C3CCC3c3ncccn3)nc21. The van der Waals surface area contributed by atoms with E-state index >= 15 is 0 Å². The molecule has 8 aliphatic rings. The number of nitrogens with zero attached hydrogens (tertiary/aromatic N) is 32. The molecule has 0 bridgehead atoms. The number of fused-ring (bicyclic) bond motifs is 4. The molecule has 0 aromatic carbocycles. The van der Waals surface area contributed by atoms with Gasteiger partial charge in [-0.15, -0.1) is 0 Å². The second kappa shape index (κ2) is 34.5. The van der Waals surface area contributed by atoms with Crippen LogP contribution in [0, 0.1) is 45.3 Å². The molecule has 12 unspecified atom stereocenters. The van der Waals surface area contributed by atoms with Crippen molar-refractivity contribution in [2.75, 3.05) is 0 Å². The minimum Gasteiger partial charge on any atom is -0.310 e. The zero-order valence-electron chi connectivity index (χ0n) is 72.0. The van der Waals surface area contributed by atoms with E-state index in [0.29, 0.717) is 69.6 Å². The van der Waals surface area contributed by atoms with Gasteiger partial charge in [-0.1, -0.05) is 0 Å². The fraction of sp³-hybridized carbons (Fsp3) is 0.391. The van der Waals surface area contributed by atoms with Crippen LogP contribution in [-0.2, 0) is 0 Å². The topological polar surface area (TPSA) is 556 Å². The number of nitrogens with one attached hydrogen (secondary N) is 4. The molecule has 0 radical (unpaired) electrons. The Balaban J connectivity index is 0.000000106. The molecule has 24 rings (SSSR count). The van der Waals surface area contributed by atoms with Crippen LogP contribution in [0.4, 0.5) is 0 Å². The molecule has 0 spiro atoms. The molecular formula is C92H84N36O4. The highest BCUT2D eigenvalue weighted by molar-refractivity contribution is 5.83. The van der Waals surface area contributed by atoms with Gasteiger partial charge in [-0.05, 0) is 155 Å². The Morgan fingerprint density at radius 2 is 0.447 bits per heavy atom. The van der Waals surface area contributed by atoms with E-state index in [-0.39, 0.29) is 138 Å². The molecule has 8 saturated carbocycles. The quantitative estimate of drug-likeness (QED) is 0.0550. The first-order chi connectivity index (χ1) is 64.5. The van der Waals surface area contributed by atoms with Gasteiger partial charge in [-0.3, -0.25) is 19.2 Å². The normalized spacial score (nSPS) is 20.8. The molecule has 12 atom stereocenters. The largest absolute Gasteiger partial charge is 0.310 e. The summed E-state index contributed by atoms with van der Waals surface area (Å²) in [5, 5.41) is 57.0. The molecule has 0 saturated heterocycles. The highest BCUT2D eigenvalue weighted by atomic mass is 16.1. The summed E-state index contributed by atoms with van der Waals surface area (Å²) in [6.07, 6.45) is 44.5. The van der Waals surface area contributed by atoms with E-state index in [1.807, 2.05) is 52.0 Å². The Bertz CT molecular complexity index is 6620. The average Bonchev–Trinajstić information content (AvgIpc) is 1.56. The van der Waals surface area contributed by atoms with Crippen molar-refractivity contribution in [1.29, 1.82) is 21.0 Å². The molecule has 16 aromatic heterocycles. The standard InChI is InChI=1S/4C23H21N9O/c4*1-12(14-10-27-19(28-11-14)13-3-4-13)32-22-18(17(9-24)31-32)23(33)30-21(29-22)16-6-5-15(16)20-25-7-2-8-26-20/h4*2,7-8,10-13,15-16H,3-6H2,1H3,(H,29,30,33). The van der Waals surface area contributed by atoms with Crippen LogP contribution in [0.2, 0.25) is 0 Å². The number of aromatic amines is 4. The van der Waals surface area contributed by atoms with Crippen LogP contribution in [0.5, 0.6) is 0 Å². The van der Waals surface area contributed by atoms with Crippen molar-refractivity contribution < 1.29 is 0 Å². The Labute approximate surface area is 749 Å². The first-order valence-electron chi connectivity index (χ1n) is 44.6. The molecule has 40 nitrogen and oxygen atoms in total. The van der Waals surface area contributed by atoms with Crippen molar-refractivity contribution in [3.8, 4) is 24.3 Å². The Morgan fingerprint density at radius 3 is 0.606 bits per heavy atom. The fourth-order valence-corrected chi connectivity index (χ4v) is 17.9. The smallest absolute Gasteiger partial charge is 0.263 e. The number of rotatable bonds is 20. The lowest BCUT2D eigenvalue weighted by molar-refractivity contribution is 0.319. The number of hydrogen-bond acceptors (Lipinski definition) is 32. The summed E-state index contributed by atoms with van der Waals surface area (Å²) in [4.78, 5) is 154. The maximum Gasteiger partial charge on any atom is 0.263 e. The van der Waals surface area contributed by atoms with E-state index in [9.17, 15) is 40.2 Å². The predicted molar refractivity (Wildman–Crippen MR) is 470 cm³/mol. The lowest BCUT2D eigenvalue weighted by Gasteiger charge is -2.34. The molecule has 8 fully saturated rings. The molecular weight excluding hydrogens is 1670 g/mol. The summed E-state index contributed by atoms with van der Waals surface area (Å²) in [5.74, 6) is 11.1. The van der Waals surface area contributed by atoms with Gasteiger partial charge in [-0.2, -0.15) is 41.4 Å². The summed E-state index contributed by atoms with van der Waals surface area (Å²) in [5.41, 5.74) is 3.76. The van der Waals surface area contributed by atoms with Crippen molar-refractivity contribution in [2.45, 2.75) is 226 Å². The first kappa shape index (κ1) is 82.9. The van der Waals surface area contributed by atoms with Crippen molar-refractivity contribution in [3.05, 3.63) is 280 Å². The lowest BCUT2D eigenvalue weighted by Crippen LogP contribution is -2.28. The highest BCUT2D eigenvalue weighted by Crippen LogP contribution is 2.51. The van der Waals surface area contributed by atoms with Crippen LogP contribution < -0.4 is 22.2 Å². The molecule has 0 amide bonds. The van der Waals surface area contributed by atoms with Crippen molar-refractivity contribution in [3.63, 3.8) is 0 Å². The maximum absolute atomic E-state index is 13.0. The van der Waals surface area contributed by atoms with Crippen LogP contribution in [-0.4, -0.2) is 159 Å². The van der Waals surface area contributed by atoms with Gasteiger partial charge in [0.1, 0.15) is 116 Å². The van der Waals surface area contributed by atoms with Gasteiger partial charge in [0.05, 0.1) is 24.2 Å². The molecule has 132 heavy (non-hydrogen) atoms. The van der Waals surface area contributed by atoms with E-state index < -0.39 is 0 Å². The highest BCUT2D eigenvalue weighted by Gasteiger charge is 2.43. The Morgan fingerprint density at radius 1 is 0.265 bits per heavy atom. The third-order valence-electron chi connectivity index (χ3n) is 26.9. The fourth-order valence-electron chi connectivity index (χ4n) is 17.9. The van der Waals surface area contributed by atoms with E-state index in [0.717, 1.165) is 172 Å². The monoisotopic (exact) mass is 1760 g/mol. The zero-order chi connectivity index (χ0) is 90.1. The molecule has 0 aliphatic heterocycles. The van der Waals surface area contributed by atoms with Crippen LogP contribution in [0.3, 0.4) is 0 Å². The minimum absolute atomic E-state index is 0.00912. The van der Waals surface area contributed by atoms with Gasteiger partial charge in [0, 0.05) is 192 Å². The average molecular weight is 1760 g/mol. The molecule has 40 heteroatoms. The van der Waals surface area contributed by atoms with Crippen molar-refractivity contribution in [2.24, 2.45) is 0 Å². The van der Waals surface area contributed by atoms with Gasteiger partial charge < -0.3 is 19.9 Å². The zero-order valence-corrected chi connectivity index (χ0v) is 72.0. The van der Waals surface area contributed by atoms with E-state index in [4.69, 9.17) is 19.9 Å². The Kier molecular flexibility index (Phi) is 21.7. The minimum atomic E-state index is -0.357. The molecule has 16 heterocycles. The number of hydrogen-bond donors (Lipinski definition) is 4. The van der Waals surface area contributed by atoms with Gasteiger partial charge in [-0.25, -0.2) is 118 Å². The van der Waals surface area contributed by atoms with E-state index in [1.165, 1.54) is 0 Å². The summed E-state index contributed by atoms with van der Waals surface area (Å²) in [7, 11) is 0. The summed E-state index contributed by atoms with van der Waals surface area (Å²) < 4.78 is 6.53. The van der Waals surface area contributed by atoms with Crippen LogP contribution in [0.15, 0.2) is 143 Å². The Hall–Kier alpha value is -16.0. The second-order valence-corrected chi connectivity index (χ2v) is 35.1. The predicted octanol–water partition coefficient (Wildman–Crippen LogP) is 10.9. The van der Waals surface area contributed by atoms with Gasteiger partial charge >= 0.3 is 0 Å². The number of nitriles is 4. The van der Waals surface area contributed by atoms with E-state index in [2.05, 4.69) is 120 Å².